The van der Waals surface area contributed by atoms with Crippen molar-refractivity contribution in [3.05, 3.63) is 59.9 Å². The first-order chi connectivity index (χ1) is 13.4. The monoisotopic (exact) mass is 402 g/mol. The van der Waals surface area contributed by atoms with Crippen molar-refractivity contribution >= 4 is 34.7 Å². The molecule has 1 amide bonds. The number of rotatable bonds is 7. The minimum absolute atomic E-state index is 0.0297. The van der Waals surface area contributed by atoms with Gasteiger partial charge in [-0.1, -0.05) is 36.0 Å². The summed E-state index contributed by atoms with van der Waals surface area (Å²) >= 11 is 1.10. The van der Waals surface area contributed by atoms with E-state index in [2.05, 4.69) is 4.98 Å². The van der Waals surface area contributed by atoms with Crippen LogP contribution in [0.1, 0.15) is 12.5 Å². The van der Waals surface area contributed by atoms with Crippen molar-refractivity contribution in [2.75, 3.05) is 12.8 Å². The standard InChI is InChI=1S/C20H19FN2O4S/c1-13(19(25)23(2)11-14-6-5-7-15(21)10-14)26-18(24)12-28-20-22-16-8-3-4-9-17(16)27-20/h3-10,13H,11-12H2,1-2H3/t13-/m0/s1. The van der Waals surface area contributed by atoms with Gasteiger partial charge < -0.3 is 14.1 Å². The first-order valence-corrected chi connectivity index (χ1v) is 9.58. The molecule has 0 aliphatic rings. The summed E-state index contributed by atoms with van der Waals surface area (Å²) in [6, 6.07) is 13.3. The Bertz CT molecular complexity index is 958. The lowest BCUT2D eigenvalue weighted by Gasteiger charge is -2.21. The summed E-state index contributed by atoms with van der Waals surface area (Å²) in [4.78, 5) is 30.1. The molecule has 0 fully saturated rings. The van der Waals surface area contributed by atoms with Crippen LogP contribution >= 0.6 is 11.8 Å². The number of para-hydroxylation sites is 2. The Kier molecular flexibility index (Phi) is 6.30. The highest BCUT2D eigenvalue weighted by Gasteiger charge is 2.22. The third-order valence-electron chi connectivity index (χ3n) is 3.93. The second-order valence-corrected chi connectivity index (χ2v) is 7.12. The molecule has 2 aromatic carbocycles. The van der Waals surface area contributed by atoms with Crippen LogP contribution in [0.2, 0.25) is 0 Å². The molecule has 0 radical (unpaired) electrons. The van der Waals surface area contributed by atoms with Crippen LogP contribution in [0.4, 0.5) is 4.39 Å². The first kappa shape index (κ1) is 19.9. The number of fused-ring (bicyclic) bond motifs is 1. The highest BCUT2D eigenvalue weighted by Crippen LogP contribution is 2.23. The number of likely N-dealkylation sites (N-methyl/N-ethyl adjacent to an activating group) is 1. The number of ether oxygens (including phenoxy) is 1. The molecule has 1 aromatic heterocycles. The molecular formula is C20H19FN2O4S. The summed E-state index contributed by atoms with van der Waals surface area (Å²) in [5.41, 5.74) is 2.00. The zero-order valence-electron chi connectivity index (χ0n) is 15.4. The highest BCUT2D eigenvalue weighted by molar-refractivity contribution is 7.99. The smallest absolute Gasteiger partial charge is 0.317 e. The number of aromatic nitrogens is 1. The fourth-order valence-electron chi connectivity index (χ4n) is 2.61. The van der Waals surface area contributed by atoms with E-state index in [1.807, 2.05) is 18.2 Å². The van der Waals surface area contributed by atoms with E-state index in [-0.39, 0.29) is 24.0 Å². The van der Waals surface area contributed by atoms with E-state index in [0.717, 1.165) is 11.8 Å². The van der Waals surface area contributed by atoms with Gasteiger partial charge in [0, 0.05) is 13.6 Å². The number of carbonyl (C=O) groups is 2. The molecule has 6 nitrogen and oxygen atoms in total. The maximum Gasteiger partial charge on any atom is 0.317 e. The molecule has 0 spiro atoms. The molecule has 0 N–H and O–H groups in total. The Hall–Kier alpha value is -2.87. The Labute approximate surface area is 165 Å². The van der Waals surface area contributed by atoms with Gasteiger partial charge in [0.2, 0.25) is 0 Å². The molecule has 3 rings (SSSR count). The summed E-state index contributed by atoms with van der Waals surface area (Å²) in [6.07, 6.45) is -0.949. The van der Waals surface area contributed by atoms with Gasteiger partial charge in [-0.15, -0.1) is 0 Å². The fourth-order valence-corrected chi connectivity index (χ4v) is 3.23. The maximum atomic E-state index is 13.3. The number of esters is 1. The van der Waals surface area contributed by atoms with Crippen molar-refractivity contribution < 1.29 is 23.1 Å². The molecule has 0 aliphatic carbocycles. The highest BCUT2D eigenvalue weighted by atomic mass is 32.2. The van der Waals surface area contributed by atoms with Crippen LogP contribution in [-0.4, -0.2) is 40.7 Å². The summed E-state index contributed by atoms with van der Waals surface area (Å²) < 4.78 is 24.0. The van der Waals surface area contributed by atoms with Crippen LogP contribution in [0.15, 0.2) is 58.2 Å². The Balaban J connectivity index is 1.49. The van der Waals surface area contributed by atoms with Crippen LogP contribution in [0.5, 0.6) is 0 Å². The van der Waals surface area contributed by atoms with Crippen LogP contribution in [0, 0.1) is 5.82 Å². The van der Waals surface area contributed by atoms with Gasteiger partial charge in [-0.05, 0) is 36.8 Å². The maximum absolute atomic E-state index is 13.3. The first-order valence-electron chi connectivity index (χ1n) is 8.59. The van der Waals surface area contributed by atoms with Gasteiger partial charge in [0.15, 0.2) is 11.7 Å². The average molecular weight is 402 g/mol. The minimum Gasteiger partial charge on any atom is -0.452 e. The Morgan fingerprint density at radius 1 is 1.25 bits per heavy atom. The van der Waals surface area contributed by atoms with E-state index in [4.69, 9.17) is 9.15 Å². The number of amides is 1. The molecule has 146 valence electrons. The number of benzene rings is 2. The number of oxazole rings is 1. The normalized spacial score (nSPS) is 12.0. The summed E-state index contributed by atoms with van der Waals surface area (Å²) in [7, 11) is 1.57. The zero-order valence-corrected chi connectivity index (χ0v) is 16.2. The largest absolute Gasteiger partial charge is 0.452 e. The van der Waals surface area contributed by atoms with E-state index in [1.165, 1.54) is 24.0 Å². The molecule has 3 aromatic rings. The molecule has 1 heterocycles. The van der Waals surface area contributed by atoms with Crippen molar-refractivity contribution in [2.45, 2.75) is 24.8 Å². The quantitative estimate of drug-likeness (QED) is 0.444. The van der Waals surface area contributed by atoms with Crippen LogP contribution in [-0.2, 0) is 20.9 Å². The number of hydrogen-bond acceptors (Lipinski definition) is 6. The molecule has 1 atom stereocenters. The molecule has 0 bridgehead atoms. The van der Waals surface area contributed by atoms with E-state index in [1.54, 1.807) is 25.2 Å². The van der Waals surface area contributed by atoms with Gasteiger partial charge in [-0.25, -0.2) is 9.37 Å². The minimum atomic E-state index is -0.949. The van der Waals surface area contributed by atoms with Gasteiger partial charge in [0.05, 0.1) is 0 Å². The molecule has 0 saturated carbocycles. The topological polar surface area (TPSA) is 72.6 Å². The summed E-state index contributed by atoms with van der Waals surface area (Å²) in [5.74, 6) is -1.32. The van der Waals surface area contributed by atoms with Crippen LogP contribution in [0.3, 0.4) is 0 Å². The molecule has 0 unspecified atom stereocenters. The van der Waals surface area contributed by atoms with Gasteiger partial charge in [-0.2, -0.15) is 0 Å². The third-order valence-corrected chi connectivity index (χ3v) is 4.73. The second kappa shape index (κ2) is 8.88. The van der Waals surface area contributed by atoms with E-state index in [9.17, 15) is 14.0 Å². The lowest BCUT2D eigenvalue weighted by Crippen LogP contribution is -2.37. The zero-order chi connectivity index (χ0) is 20.1. The summed E-state index contributed by atoms with van der Waals surface area (Å²) in [6.45, 7) is 1.72. The SMILES string of the molecule is C[C@H](OC(=O)CSc1nc2ccccc2o1)C(=O)N(C)Cc1cccc(F)c1. The number of thioether (sulfide) groups is 1. The molecule has 0 aliphatic heterocycles. The summed E-state index contributed by atoms with van der Waals surface area (Å²) in [5, 5.41) is 0.361. The van der Waals surface area contributed by atoms with Crippen LogP contribution < -0.4 is 0 Å². The number of halogens is 1. The Morgan fingerprint density at radius 3 is 2.79 bits per heavy atom. The van der Waals surface area contributed by atoms with Crippen molar-refractivity contribution in [3.63, 3.8) is 0 Å². The lowest BCUT2D eigenvalue weighted by molar-refractivity contribution is -0.156. The van der Waals surface area contributed by atoms with E-state index in [0.29, 0.717) is 21.9 Å². The fraction of sp³-hybridized carbons (Fsp3) is 0.250. The van der Waals surface area contributed by atoms with Gasteiger partial charge in [-0.3, -0.25) is 9.59 Å². The van der Waals surface area contributed by atoms with Crippen LogP contribution in [0.25, 0.3) is 11.1 Å². The molecular weight excluding hydrogens is 383 g/mol. The van der Waals surface area contributed by atoms with Crippen molar-refractivity contribution in [3.8, 4) is 0 Å². The Morgan fingerprint density at radius 2 is 2.04 bits per heavy atom. The predicted octanol–water partition coefficient (Wildman–Crippen LogP) is 3.65. The van der Waals surface area contributed by atoms with Gasteiger partial charge >= 0.3 is 5.97 Å². The molecule has 0 saturated heterocycles. The predicted molar refractivity (Wildman–Crippen MR) is 103 cm³/mol. The number of carbonyl (C=O) groups excluding carboxylic acids is 2. The lowest BCUT2D eigenvalue weighted by atomic mass is 10.2. The second-order valence-electron chi connectivity index (χ2n) is 6.19. The molecule has 8 heteroatoms. The third kappa shape index (κ3) is 5.10. The number of nitrogens with zero attached hydrogens (tertiary/aromatic N) is 2. The van der Waals surface area contributed by atoms with Crippen molar-refractivity contribution in [1.29, 1.82) is 0 Å². The van der Waals surface area contributed by atoms with Crippen molar-refractivity contribution in [2.24, 2.45) is 0 Å². The molecule has 28 heavy (non-hydrogen) atoms. The van der Waals surface area contributed by atoms with E-state index < -0.39 is 12.1 Å². The van der Waals surface area contributed by atoms with Crippen molar-refractivity contribution in [1.82, 2.24) is 9.88 Å². The number of hydrogen-bond donors (Lipinski definition) is 0. The van der Waals surface area contributed by atoms with Gasteiger partial charge in [0.1, 0.15) is 17.1 Å². The average Bonchev–Trinajstić information content (AvgIpc) is 3.08. The van der Waals surface area contributed by atoms with E-state index >= 15 is 0 Å². The van der Waals surface area contributed by atoms with Gasteiger partial charge in [0.25, 0.3) is 11.1 Å².